The van der Waals surface area contributed by atoms with Crippen LogP contribution in [0.25, 0.3) is 0 Å². The van der Waals surface area contributed by atoms with E-state index in [-0.39, 0.29) is 5.75 Å². The Morgan fingerprint density at radius 3 is 2.30 bits per heavy atom. The Balaban J connectivity index is 0.000000422. The SMILES string of the molecule is NCCCC[C@@H](N=C=O)C(=O)O.O=S(=O)(O)Cc1ccccc1. The van der Waals surface area contributed by atoms with Crippen molar-refractivity contribution in [1.82, 2.24) is 0 Å². The largest absolute Gasteiger partial charge is 0.480 e. The highest BCUT2D eigenvalue weighted by Crippen LogP contribution is 2.04. The number of carboxylic acid groups (broad SMARTS) is 1. The van der Waals surface area contributed by atoms with Crippen LogP contribution in [0.1, 0.15) is 24.8 Å². The lowest BCUT2D eigenvalue weighted by molar-refractivity contribution is -0.138. The van der Waals surface area contributed by atoms with Gasteiger partial charge in [-0.1, -0.05) is 30.3 Å². The van der Waals surface area contributed by atoms with Crippen molar-refractivity contribution in [1.29, 1.82) is 0 Å². The molecule has 1 atom stereocenters. The van der Waals surface area contributed by atoms with Gasteiger partial charge in [0.15, 0.2) is 6.04 Å². The first-order valence-electron chi connectivity index (χ1n) is 6.79. The summed E-state index contributed by atoms with van der Waals surface area (Å²) in [6, 6.07) is 7.57. The molecule has 1 aromatic carbocycles. The number of hydrogen-bond acceptors (Lipinski definition) is 6. The summed E-state index contributed by atoms with van der Waals surface area (Å²) in [5, 5.41) is 8.50. The lowest BCUT2D eigenvalue weighted by Gasteiger charge is -2.02. The summed E-state index contributed by atoms with van der Waals surface area (Å²) in [7, 11) is -3.88. The Kier molecular flexibility index (Phi) is 10.5. The van der Waals surface area contributed by atoms with E-state index in [2.05, 4.69) is 4.99 Å². The van der Waals surface area contributed by atoms with Crippen LogP contribution >= 0.6 is 0 Å². The van der Waals surface area contributed by atoms with Crippen molar-refractivity contribution in [3.05, 3.63) is 35.9 Å². The molecule has 8 nitrogen and oxygen atoms in total. The first-order valence-corrected chi connectivity index (χ1v) is 8.40. The molecule has 0 saturated heterocycles. The molecule has 0 aliphatic carbocycles. The minimum atomic E-state index is -3.88. The quantitative estimate of drug-likeness (QED) is 0.275. The predicted molar refractivity (Wildman–Crippen MR) is 84.1 cm³/mol. The molecule has 23 heavy (non-hydrogen) atoms. The van der Waals surface area contributed by atoms with Crippen molar-refractivity contribution in [2.24, 2.45) is 10.7 Å². The number of carboxylic acids is 1. The molecule has 1 rings (SSSR count). The van der Waals surface area contributed by atoms with E-state index in [4.69, 9.17) is 15.4 Å². The predicted octanol–water partition coefficient (Wildman–Crippen LogP) is 0.979. The van der Waals surface area contributed by atoms with Crippen molar-refractivity contribution in [2.75, 3.05) is 6.54 Å². The Morgan fingerprint density at radius 1 is 1.26 bits per heavy atom. The van der Waals surface area contributed by atoms with Crippen LogP contribution in [-0.4, -0.2) is 42.7 Å². The minimum Gasteiger partial charge on any atom is -0.480 e. The number of aliphatic carboxylic acids is 1. The van der Waals surface area contributed by atoms with Crippen LogP contribution in [-0.2, 0) is 25.5 Å². The highest BCUT2D eigenvalue weighted by Gasteiger charge is 2.14. The van der Waals surface area contributed by atoms with E-state index in [1.54, 1.807) is 30.3 Å². The van der Waals surface area contributed by atoms with E-state index in [0.29, 0.717) is 24.9 Å². The van der Waals surface area contributed by atoms with Gasteiger partial charge in [-0.15, -0.1) is 0 Å². The second kappa shape index (κ2) is 11.5. The maximum Gasteiger partial charge on any atom is 0.329 e. The van der Waals surface area contributed by atoms with Crippen LogP contribution in [0.3, 0.4) is 0 Å². The second-order valence-electron chi connectivity index (χ2n) is 4.57. The Labute approximate surface area is 134 Å². The van der Waals surface area contributed by atoms with E-state index in [1.165, 1.54) is 6.08 Å². The topological polar surface area (TPSA) is 147 Å². The summed E-state index contributed by atoms with van der Waals surface area (Å²) < 4.78 is 29.2. The number of carbonyl (C=O) groups excluding carboxylic acids is 1. The Hall–Kier alpha value is -2.06. The number of aliphatic imine (C=N–C) groups is 1. The molecule has 1 aromatic rings. The first kappa shape index (κ1) is 20.9. The van der Waals surface area contributed by atoms with E-state index < -0.39 is 22.1 Å². The maximum atomic E-state index is 10.4. The van der Waals surface area contributed by atoms with Crippen molar-refractivity contribution in [3.63, 3.8) is 0 Å². The number of rotatable bonds is 8. The molecule has 0 saturated carbocycles. The van der Waals surface area contributed by atoms with Crippen LogP contribution in [0, 0.1) is 0 Å². The van der Waals surface area contributed by atoms with Gasteiger partial charge in [0.25, 0.3) is 10.1 Å². The maximum absolute atomic E-state index is 10.4. The van der Waals surface area contributed by atoms with Gasteiger partial charge >= 0.3 is 5.97 Å². The molecule has 0 amide bonds. The van der Waals surface area contributed by atoms with Gasteiger partial charge in [-0.2, -0.15) is 13.4 Å². The monoisotopic (exact) mass is 344 g/mol. The fourth-order valence-electron chi connectivity index (χ4n) is 1.57. The lowest BCUT2D eigenvalue weighted by atomic mass is 10.1. The van der Waals surface area contributed by atoms with Crippen LogP contribution < -0.4 is 5.73 Å². The summed E-state index contributed by atoms with van der Waals surface area (Å²) in [6.45, 7) is 0.525. The first-order chi connectivity index (χ1) is 10.8. The highest BCUT2D eigenvalue weighted by atomic mass is 32.2. The fraction of sp³-hybridized carbons (Fsp3) is 0.429. The number of nitrogens with two attached hydrogens (primary N) is 1. The average Bonchev–Trinajstić information content (AvgIpc) is 2.46. The average molecular weight is 344 g/mol. The molecule has 0 aromatic heterocycles. The molecule has 0 aliphatic rings. The molecule has 0 bridgehead atoms. The van der Waals surface area contributed by atoms with Gasteiger partial charge in [0.05, 0.1) is 0 Å². The summed E-state index contributed by atoms with van der Waals surface area (Å²) in [4.78, 5) is 23.3. The number of unbranched alkanes of at least 4 members (excludes halogenated alkanes) is 1. The zero-order valence-electron chi connectivity index (χ0n) is 12.5. The Bertz CT molecular complexity index is 609. The van der Waals surface area contributed by atoms with Crippen molar-refractivity contribution in [3.8, 4) is 0 Å². The molecular formula is C14H20N2O6S. The van der Waals surface area contributed by atoms with Gasteiger partial charge in [0.2, 0.25) is 6.08 Å². The third-order valence-electron chi connectivity index (χ3n) is 2.62. The van der Waals surface area contributed by atoms with Crippen LogP contribution in [0.4, 0.5) is 0 Å². The number of isocyanates is 1. The zero-order chi connectivity index (χ0) is 17.7. The number of nitrogens with zero attached hydrogens (tertiary/aromatic N) is 1. The summed E-state index contributed by atoms with van der Waals surface area (Å²) >= 11 is 0. The molecule has 0 heterocycles. The van der Waals surface area contributed by atoms with Crippen LogP contribution in [0.2, 0.25) is 0 Å². The molecule has 0 spiro atoms. The van der Waals surface area contributed by atoms with Crippen molar-refractivity contribution < 1.29 is 27.7 Å². The van der Waals surface area contributed by atoms with E-state index in [1.807, 2.05) is 0 Å². The molecule has 0 fully saturated rings. The third kappa shape index (κ3) is 12.2. The van der Waals surface area contributed by atoms with Gasteiger partial charge in [-0.25, -0.2) is 9.59 Å². The standard InChI is InChI=1S/C7H12N2O3.C7H8O3S/c8-4-2-1-3-6(7(11)12)9-5-10;8-11(9,10)6-7-4-2-1-3-5-7/h6H,1-4,8H2,(H,11,12);1-5H,6H2,(H,8,9,10)/t6-;/m1./s1. The normalized spacial score (nSPS) is 11.6. The smallest absolute Gasteiger partial charge is 0.329 e. The minimum absolute atomic E-state index is 0.312. The molecule has 0 radical (unpaired) electrons. The van der Waals surface area contributed by atoms with E-state index in [0.717, 1.165) is 6.42 Å². The number of hydrogen-bond donors (Lipinski definition) is 3. The van der Waals surface area contributed by atoms with Gasteiger partial charge in [-0.05, 0) is 31.4 Å². The van der Waals surface area contributed by atoms with Gasteiger partial charge < -0.3 is 10.8 Å². The summed E-state index contributed by atoms with van der Waals surface area (Å²) in [5.74, 6) is -1.40. The fourth-order valence-corrected chi connectivity index (χ4v) is 2.19. The number of benzene rings is 1. The highest BCUT2D eigenvalue weighted by molar-refractivity contribution is 7.85. The molecule has 0 aliphatic heterocycles. The molecule has 4 N–H and O–H groups in total. The van der Waals surface area contributed by atoms with E-state index in [9.17, 15) is 18.0 Å². The molecule has 9 heteroatoms. The van der Waals surface area contributed by atoms with Crippen molar-refractivity contribution >= 4 is 22.2 Å². The van der Waals surface area contributed by atoms with Gasteiger partial charge in [0.1, 0.15) is 5.75 Å². The summed E-state index contributed by atoms with van der Waals surface area (Å²) in [5.41, 5.74) is 5.80. The summed E-state index contributed by atoms with van der Waals surface area (Å²) in [6.07, 6.45) is 3.00. The van der Waals surface area contributed by atoms with E-state index >= 15 is 0 Å². The molecular weight excluding hydrogens is 324 g/mol. The Morgan fingerprint density at radius 2 is 1.87 bits per heavy atom. The van der Waals surface area contributed by atoms with Gasteiger partial charge in [-0.3, -0.25) is 4.55 Å². The number of carbonyl (C=O) groups is 1. The molecule has 128 valence electrons. The van der Waals surface area contributed by atoms with Crippen LogP contribution in [0.15, 0.2) is 35.3 Å². The van der Waals surface area contributed by atoms with Crippen LogP contribution in [0.5, 0.6) is 0 Å². The lowest BCUT2D eigenvalue weighted by Crippen LogP contribution is -2.17. The van der Waals surface area contributed by atoms with Crippen molar-refractivity contribution in [2.45, 2.75) is 31.1 Å². The second-order valence-corrected chi connectivity index (χ2v) is 6.02. The third-order valence-corrected chi connectivity index (χ3v) is 3.32. The molecule has 0 unspecified atom stereocenters. The zero-order valence-corrected chi connectivity index (χ0v) is 13.3. The van der Waals surface area contributed by atoms with Gasteiger partial charge in [0, 0.05) is 0 Å².